The van der Waals surface area contributed by atoms with Crippen LogP contribution in [0, 0.1) is 5.92 Å². The van der Waals surface area contributed by atoms with E-state index < -0.39 is 0 Å². The molecular weight excluding hydrogens is 202 g/mol. The predicted octanol–water partition coefficient (Wildman–Crippen LogP) is 2.82. The molecule has 0 atom stereocenters. The first kappa shape index (κ1) is 13.3. The third kappa shape index (κ3) is 6.64. The number of hydrogen-bond acceptors (Lipinski definition) is 3. The second-order valence-corrected chi connectivity index (χ2v) is 4.40. The largest absolute Gasteiger partial charge is 0.468 e. The Morgan fingerprint density at radius 1 is 1.38 bits per heavy atom. The minimum Gasteiger partial charge on any atom is -0.468 e. The first-order valence-electron chi connectivity index (χ1n) is 6.10. The normalized spacial score (nSPS) is 11.2. The molecule has 92 valence electrons. The van der Waals surface area contributed by atoms with E-state index in [9.17, 15) is 0 Å². The van der Waals surface area contributed by atoms with Crippen molar-refractivity contribution < 1.29 is 9.15 Å². The topological polar surface area (TPSA) is 34.4 Å². The molecule has 3 nitrogen and oxygen atoms in total. The van der Waals surface area contributed by atoms with Gasteiger partial charge in [0.1, 0.15) is 5.76 Å². The molecule has 0 aromatic carbocycles. The van der Waals surface area contributed by atoms with Gasteiger partial charge in [-0.25, -0.2) is 0 Å². The Morgan fingerprint density at radius 3 is 2.94 bits per heavy atom. The second kappa shape index (κ2) is 8.36. The highest BCUT2D eigenvalue weighted by atomic mass is 16.5. The molecule has 0 radical (unpaired) electrons. The highest BCUT2D eigenvalue weighted by Gasteiger charge is 1.95. The van der Waals surface area contributed by atoms with Crippen LogP contribution < -0.4 is 5.32 Å². The van der Waals surface area contributed by atoms with E-state index in [0.717, 1.165) is 44.4 Å². The van der Waals surface area contributed by atoms with E-state index in [1.54, 1.807) is 6.26 Å². The second-order valence-electron chi connectivity index (χ2n) is 4.40. The Labute approximate surface area is 98.2 Å². The highest BCUT2D eigenvalue weighted by molar-refractivity contribution is 4.97. The summed E-state index contributed by atoms with van der Waals surface area (Å²) in [5.41, 5.74) is 0. The molecule has 16 heavy (non-hydrogen) atoms. The zero-order valence-corrected chi connectivity index (χ0v) is 10.4. The summed E-state index contributed by atoms with van der Waals surface area (Å²) in [7, 11) is 0. The van der Waals surface area contributed by atoms with Crippen molar-refractivity contribution in [3.63, 3.8) is 0 Å². The summed E-state index contributed by atoms with van der Waals surface area (Å²) in [5.74, 6) is 1.75. The van der Waals surface area contributed by atoms with Crippen molar-refractivity contribution in [1.29, 1.82) is 0 Å². The molecule has 0 spiro atoms. The molecule has 0 amide bonds. The Morgan fingerprint density at radius 2 is 2.25 bits per heavy atom. The van der Waals surface area contributed by atoms with Gasteiger partial charge in [-0.1, -0.05) is 13.8 Å². The minimum atomic E-state index is 0.777. The summed E-state index contributed by atoms with van der Waals surface area (Å²) in [6.07, 6.45) is 4.11. The number of furan rings is 1. The van der Waals surface area contributed by atoms with Crippen LogP contribution in [0.15, 0.2) is 22.8 Å². The molecule has 1 aromatic rings. The van der Waals surface area contributed by atoms with Gasteiger partial charge in [-0.3, -0.25) is 0 Å². The lowest BCUT2D eigenvalue weighted by Gasteiger charge is -2.06. The average Bonchev–Trinajstić information content (AvgIpc) is 2.74. The third-order valence-corrected chi connectivity index (χ3v) is 2.37. The van der Waals surface area contributed by atoms with Gasteiger partial charge in [0.15, 0.2) is 0 Å². The average molecular weight is 225 g/mol. The van der Waals surface area contributed by atoms with Crippen LogP contribution in [0.3, 0.4) is 0 Å². The van der Waals surface area contributed by atoms with Crippen molar-refractivity contribution in [2.24, 2.45) is 5.92 Å². The zero-order chi connectivity index (χ0) is 11.6. The number of nitrogens with one attached hydrogen (secondary N) is 1. The minimum absolute atomic E-state index is 0.777. The van der Waals surface area contributed by atoms with Gasteiger partial charge in [0.05, 0.1) is 19.4 Å². The van der Waals surface area contributed by atoms with Crippen LogP contribution in [0.4, 0.5) is 0 Å². The van der Waals surface area contributed by atoms with Crippen molar-refractivity contribution >= 4 is 0 Å². The first-order chi connectivity index (χ1) is 7.79. The lowest BCUT2D eigenvalue weighted by atomic mass is 10.1. The van der Waals surface area contributed by atoms with Crippen molar-refractivity contribution in [2.75, 3.05) is 19.8 Å². The molecule has 1 heterocycles. The van der Waals surface area contributed by atoms with Crippen LogP contribution in [-0.4, -0.2) is 19.8 Å². The Bertz CT molecular complexity index is 244. The van der Waals surface area contributed by atoms with Gasteiger partial charge in [-0.2, -0.15) is 0 Å². The fourth-order valence-electron chi connectivity index (χ4n) is 1.46. The summed E-state index contributed by atoms with van der Waals surface area (Å²) >= 11 is 0. The molecule has 0 unspecified atom stereocenters. The van der Waals surface area contributed by atoms with E-state index in [2.05, 4.69) is 19.2 Å². The monoisotopic (exact) mass is 225 g/mol. The fraction of sp³-hybridized carbons (Fsp3) is 0.692. The smallest absolute Gasteiger partial charge is 0.117 e. The predicted molar refractivity (Wildman–Crippen MR) is 65.3 cm³/mol. The van der Waals surface area contributed by atoms with Crippen LogP contribution in [0.2, 0.25) is 0 Å². The molecular formula is C13H23NO2. The SMILES string of the molecule is CC(C)CCCOCCNCc1ccco1. The number of hydrogen-bond donors (Lipinski definition) is 1. The maximum Gasteiger partial charge on any atom is 0.117 e. The Hall–Kier alpha value is -0.800. The summed E-state index contributed by atoms with van der Waals surface area (Å²) in [6.45, 7) is 7.79. The van der Waals surface area contributed by atoms with Gasteiger partial charge < -0.3 is 14.5 Å². The molecule has 0 aliphatic carbocycles. The first-order valence-corrected chi connectivity index (χ1v) is 6.10. The van der Waals surface area contributed by atoms with Gasteiger partial charge in [-0.15, -0.1) is 0 Å². The molecule has 0 aliphatic rings. The molecule has 0 aliphatic heterocycles. The van der Waals surface area contributed by atoms with Crippen molar-refractivity contribution in [2.45, 2.75) is 33.2 Å². The Balaban J connectivity index is 1.82. The summed E-state index contributed by atoms with van der Waals surface area (Å²) < 4.78 is 10.7. The third-order valence-electron chi connectivity index (χ3n) is 2.37. The molecule has 1 N–H and O–H groups in total. The van der Waals surface area contributed by atoms with E-state index in [0.29, 0.717) is 0 Å². The van der Waals surface area contributed by atoms with Gasteiger partial charge in [0, 0.05) is 13.2 Å². The van der Waals surface area contributed by atoms with Crippen LogP contribution in [0.5, 0.6) is 0 Å². The van der Waals surface area contributed by atoms with E-state index in [1.807, 2.05) is 12.1 Å². The van der Waals surface area contributed by atoms with Gasteiger partial charge >= 0.3 is 0 Å². The van der Waals surface area contributed by atoms with Gasteiger partial charge in [0.2, 0.25) is 0 Å². The molecule has 0 bridgehead atoms. The van der Waals surface area contributed by atoms with Crippen molar-refractivity contribution in [1.82, 2.24) is 5.32 Å². The van der Waals surface area contributed by atoms with Gasteiger partial charge in [0.25, 0.3) is 0 Å². The van der Waals surface area contributed by atoms with Crippen LogP contribution in [0.1, 0.15) is 32.4 Å². The van der Waals surface area contributed by atoms with E-state index in [1.165, 1.54) is 6.42 Å². The quantitative estimate of drug-likeness (QED) is 0.656. The van der Waals surface area contributed by atoms with E-state index >= 15 is 0 Å². The van der Waals surface area contributed by atoms with E-state index in [4.69, 9.17) is 9.15 Å². The molecule has 1 aromatic heterocycles. The fourth-order valence-corrected chi connectivity index (χ4v) is 1.46. The molecule has 0 saturated carbocycles. The summed E-state index contributed by atoms with van der Waals surface area (Å²) in [5, 5.41) is 3.27. The summed E-state index contributed by atoms with van der Waals surface area (Å²) in [6, 6.07) is 3.87. The molecule has 1 rings (SSSR count). The molecule has 0 saturated heterocycles. The molecule has 3 heteroatoms. The van der Waals surface area contributed by atoms with Crippen molar-refractivity contribution in [3.05, 3.63) is 24.2 Å². The summed E-state index contributed by atoms with van der Waals surface area (Å²) in [4.78, 5) is 0. The standard InChI is InChI=1S/C13H23NO2/c1-12(2)5-3-8-15-10-7-14-11-13-6-4-9-16-13/h4,6,9,12,14H,3,5,7-8,10-11H2,1-2H3. The Kier molecular flexibility index (Phi) is 6.93. The van der Waals surface area contributed by atoms with Crippen molar-refractivity contribution in [3.8, 4) is 0 Å². The maximum atomic E-state index is 5.51. The van der Waals surface area contributed by atoms with Crippen LogP contribution >= 0.6 is 0 Å². The lowest BCUT2D eigenvalue weighted by Crippen LogP contribution is -2.19. The number of ether oxygens (including phenoxy) is 1. The van der Waals surface area contributed by atoms with Gasteiger partial charge in [-0.05, 0) is 30.9 Å². The van der Waals surface area contributed by atoms with E-state index in [-0.39, 0.29) is 0 Å². The van der Waals surface area contributed by atoms with Crippen LogP contribution in [-0.2, 0) is 11.3 Å². The lowest BCUT2D eigenvalue weighted by molar-refractivity contribution is 0.129. The highest BCUT2D eigenvalue weighted by Crippen LogP contribution is 2.02. The molecule has 0 fully saturated rings. The number of rotatable bonds is 9. The maximum absolute atomic E-state index is 5.51. The van der Waals surface area contributed by atoms with Crippen LogP contribution in [0.25, 0.3) is 0 Å². The zero-order valence-electron chi connectivity index (χ0n) is 10.4.